The second-order valence-corrected chi connectivity index (χ2v) is 5.65. The number of nitrogens with one attached hydrogen (secondary N) is 1. The summed E-state index contributed by atoms with van der Waals surface area (Å²) < 4.78 is 0. The SMILES string of the molecule is O=C(CSCc1ccccn1)Nc1cc(Cl)c(Cl)cn1. The second-order valence-electron chi connectivity index (χ2n) is 3.85. The topological polar surface area (TPSA) is 54.9 Å². The molecule has 0 bridgehead atoms. The fourth-order valence-corrected chi connectivity index (χ4v) is 2.39. The highest BCUT2D eigenvalue weighted by Gasteiger charge is 2.06. The summed E-state index contributed by atoms with van der Waals surface area (Å²) >= 11 is 13.1. The van der Waals surface area contributed by atoms with E-state index in [1.54, 1.807) is 6.20 Å². The van der Waals surface area contributed by atoms with Gasteiger partial charge < -0.3 is 5.32 Å². The Labute approximate surface area is 130 Å². The van der Waals surface area contributed by atoms with Crippen LogP contribution in [-0.2, 0) is 10.5 Å². The van der Waals surface area contributed by atoms with Gasteiger partial charge in [0.1, 0.15) is 5.82 Å². The van der Waals surface area contributed by atoms with E-state index in [0.29, 0.717) is 27.4 Å². The fourth-order valence-electron chi connectivity index (χ4n) is 1.39. The highest BCUT2D eigenvalue weighted by molar-refractivity contribution is 7.99. The van der Waals surface area contributed by atoms with E-state index in [2.05, 4.69) is 15.3 Å². The van der Waals surface area contributed by atoms with Gasteiger partial charge in [-0.25, -0.2) is 4.98 Å². The van der Waals surface area contributed by atoms with Crippen LogP contribution in [0.5, 0.6) is 0 Å². The first-order valence-corrected chi connectivity index (χ1v) is 7.65. The molecule has 0 atom stereocenters. The van der Waals surface area contributed by atoms with Crippen molar-refractivity contribution in [2.45, 2.75) is 5.75 Å². The summed E-state index contributed by atoms with van der Waals surface area (Å²) in [4.78, 5) is 19.9. The summed E-state index contributed by atoms with van der Waals surface area (Å²) in [6.07, 6.45) is 3.14. The minimum absolute atomic E-state index is 0.142. The molecule has 0 unspecified atom stereocenters. The van der Waals surface area contributed by atoms with Crippen LogP contribution >= 0.6 is 35.0 Å². The van der Waals surface area contributed by atoms with Crippen LogP contribution in [-0.4, -0.2) is 21.6 Å². The van der Waals surface area contributed by atoms with E-state index in [0.717, 1.165) is 5.69 Å². The maximum atomic E-state index is 11.7. The number of carbonyl (C=O) groups is 1. The van der Waals surface area contributed by atoms with Gasteiger partial charge in [0.15, 0.2) is 0 Å². The maximum absolute atomic E-state index is 11.7. The Hall–Kier alpha value is -1.30. The predicted molar refractivity (Wildman–Crippen MR) is 83.3 cm³/mol. The summed E-state index contributed by atoms with van der Waals surface area (Å²) in [5, 5.41) is 3.38. The van der Waals surface area contributed by atoms with Crippen molar-refractivity contribution in [3.63, 3.8) is 0 Å². The molecule has 0 fully saturated rings. The highest BCUT2D eigenvalue weighted by Crippen LogP contribution is 2.22. The normalized spacial score (nSPS) is 10.3. The van der Waals surface area contributed by atoms with Gasteiger partial charge in [-0.15, -0.1) is 11.8 Å². The Balaban J connectivity index is 1.79. The number of halogens is 2. The Morgan fingerprint density at radius 1 is 1.25 bits per heavy atom. The molecular weight excluding hydrogens is 317 g/mol. The number of amides is 1. The molecule has 2 aromatic heterocycles. The summed E-state index contributed by atoms with van der Waals surface area (Å²) in [6.45, 7) is 0. The van der Waals surface area contributed by atoms with Crippen LogP contribution in [0.25, 0.3) is 0 Å². The second kappa shape index (κ2) is 7.47. The van der Waals surface area contributed by atoms with Gasteiger partial charge in [-0.2, -0.15) is 0 Å². The van der Waals surface area contributed by atoms with Gasteiger partial charge in [0.05, 0.1) is 21.5 Å². The zero-order valence-electron chi connectivity index (χ0n) is 10.3. The zero-order valence-corrected chi connectivity index (χ0v) is 12.7. The number of nitrogens with zero attached hydrogens (tertiary/aromatic N) is 2. The Morgan fingerprint density at radius 3 is 2.80 bits per heavy atom. The average molecular weight is 328 g/mol. The van der Waals surface area contributed by atoms with Crippen LogP contribution in [0.3, 0.4) is 0 Å². The Kier molecular flexibility index (Phi) is 5.64. The van der Waals surface area contributed by atoms with Crippen molar-refractivity contribution in [1.29, 1.82) is 0 Å². The van der Waals surface area contributed by atoms with Gasteiger partial charge in [-0.3, -0.25) is 9.78 Å². The minimum Gasteiger partial charge on any atom is -0.310 e. The van der Waals surface area contributed by atoms with E-state index in [1.165, 1.54) is 24.0 Å². The number of rotatable bonds is 5. The monoisotopic (exact) mass is 327 g/mol. The molecule has 2 heterocycles. The number of carbonyl (C=O) groups excluding carboxylic acids is 1. The quantitative estimate of drug-likeness (QED) is 0.910. The predicted octanol–water partition coefficient (Wildman–Crippen LogP) is 3.66. The number of hydrogen-bond donors (Lipinski definition) is 1. The van der Waals surface area contributed by atoms with Gasteiger partial charge in [-0.1, -0.05) is 29.3 Å². The molecule has 0 saturated carbocycles. The lowest BCUT2D eigenvalue weighted by atomic mass is 10.4. The van der Waals surface area contributed by atoms with Crippen molar-refractivity contribution in [2.24, 2.45) is 0 Å². The third-order valence-electron chi connectivity index (χ3n) is 2.29. The molecule has 0 radical (unpaired) electrons. The summed E-state index contributed by atoms with van der Waals surface area (Å²) in [7, 11) is 0. The highest BCUT2D eigenvalue weighted by atomic mass is 35.5. The van der Waals surface area contributed by atoms with Crippen molar-refractivity contribution in [3.05, 3.63) is 52.4 Å². The molecule has 1 amide bonds. The van der Waals surface area contributed by atoms with E-state index in [9.17, 15) is 4.79 Å². The van der Waals surface area contributed by atoms with Crippen LogP contribution < -0.4 is 5.32 Å². The molecule has 104 valence electrons. The number of aromatic nitrogens is 2. The van der Waals surface area contributed by atoms with E-state index in [1.807, 2.05) is 18.2 Å². The average Bonchev–Trinajstić information content (AvgIpc) is 2.44. The van der Waals surface area contributed by atoms with Crippen molar-refractivity contribution in [2.75, 3.05) is 11.1 Å². The van der Waals surface area contributed by atoms with Gasteiger partial charge in [-0.05, 0) is 12.1 Å². The smallest absolute Gasteiger partial charge is 0.235 e. The van der Waals surface area contributed by atoms with Gasteiger partial charge in [0.2, 0.25) is 5.91 Å². The van der Waals surface area contributed by atoms with Crippen LogP contribution in [0.4, 0.5) is 5.82 Å². The lowest BCUT2D eigenvalue weighted by Crippen LogP contribution is -2.15. The number of pyridine rings is 2. The van der Waals surface area contributed by atoms with Gasteiger partial charge in [0.25, 0.3) is 0 Å². The molecule has 0 aliphatic rings. The standard InChI is InChI=1S/C13H11Cl2N3OS/c14-10-5-12(17-6-11(10)15)18-13(19)8-20-7-9-3-1-2-4-16-9/h1-6H,7-8H2,(H,17,18,19). The Bertz CT molecular complexity index is 595. The molecule has 0 saturated heterocycles. The molecule has 1 N–H and O–H groups in total. The van der Waals surface area contributed by atoms with Gasteiger partial charge in [0, 0.05) is 24.2 Å². The minimum atomic E-state index is -0.142. The van der Waals surface area contributed by atoms with E-state index < -0.39 is 0 Å². The molecule has 0 aliphatic carbocycles. The molecule has 2 aromatic rings. The van der Waals surface area contributed by atoms with Crippen molar-refractivity contribution < 1.29 is 4.79 Å². The van der Waals surface area contributed by atoms with E-state index in [-0.39, 0.29) is 5.91 Å². The van der Waals surface area contributed by atoms with Crippen LogP contribution in [0.1, 0.15) is 5.69 Å². The van der Waals surface area contributed by atoms with E-state index >= 15 is 0 Å². The zero-order chi connectivity index (χ0) is 14.4. The molecule has 0 aliphatic heterocycles. The largest absolute Gasteiger partial charge is 0.310 e. The molecule has 7 heteroatoms. The number of thioether (sulfide) groups is 1. The van der Waals surface area contributed by atoms with Crippen LogP contribution in [0.15, 0.2) is 36.7 Å². The first-order valence-electron chi connectivity index (χ1n) is 5.73. The number of anilines is 1. The molecule has 0 aromatic carbocycles. The molecule has 0 spiro atoms. The lowest BCUT2D eigenvalue weighted by Gasteiger charge is -2.05. The first-order chi connectivity index (χ1) is 9.65. The first kappa shape index (κ1) is 15.1. The van der Waals surface area contributed by atoms with Crippen LogP contribution in [0.2, 0.25) is 10.0 Å². The molecule has 20 heavy (non-hydrogen) atoms. The third-order valence-corrected chi connectivity index (χ3v) is 3.96. The summed E-state index contributed by atoms with van der Waals surface area (Å²) in [6, 6.07) is 7.22. The third kappa shape index (κ3) is 4.67. The van der Waals surface area contributed by atoms with Crippen LogP contribution in [0, 0.1) is 0 Å². The number of hydrogen-bond acceptors (Lipinski definition) is 4. The fraction of sp³-hybridized carbons (Fsp3) is 0.154. The summed E-state index contributed by atoms with van der Waals surface area (Å²) in [5.74, 6) is 1.25. The molecule has 4 nitrogen and oxygen atoms in total. The maximum Gasteiger partial charge on any atom is 0.235 e. The summed E-state index contributed by atoms with van der Waals surface area (Å²) in [5.41, 5.74) is 0.943. The van der Waals surface area contributed by atoms with Crippen molar-refractivity contribution in [3.8, 4) is 0 Å². The lowest BCUT2D eigenvalue weighted by molar-refractivity contribution is -0.113. The van der Waals surface area contributed by atoms with Gasteiger partial charge >= 0.3 is 0 Å². The van der Waals surface area contributed by atoms with E-state index in [4.69, 9.17) is 23.2 Å². The van der Waals surface area contributed by atoms with Crippen molar-refractivity contribution in [1.82, 2.24) is 9.97 Å². The molecule has 2 rings (SSSR count). The Morgan fingerprint density at radius 2 is 2.10 bits per heavy atom. The van der Waals surface area contributed by atoms with Crippen molar-refractivity contribution >= 4 is 46.7 Å². The molecular formula is C13H11Cl2N3OS.